The van der Waals surface area contributed by atoms with Crippen LogP contribution < -0.4 is 20.3 Å². The van der Waals surface area contributed by atoms with E-state index >= 15 is 0 Å². The topological polar surface area (TPSA) is 127 Å². The van der Waals surface area contributed by atoms with E-state index in [0.717, 1.165) is 30.1 Å². The van der Waals surface area contributed by atoms with Crippen molar-refractivity contribution in [1.82, 2.24) is 9.97 Å². The number of methoxy groups -OCH3 is 2. The Balaban J connectivity index is 1.73. The smallest absolute Gasteiger partial charge is 0.416 e. The molecule has 0 saturated carbocycles. The van der Waals surface area contributed by atoms with Crippen LogP contribution in [0, 0.1) is 0 Å². The Labute approximate surface area is 201 Å². The van der Waals surface area contributed by atoms with Crippen molar-refractivity contribution in [2.75, 3.05) is 25.3 Å². The highest BCUT2D eigenvalue weighted by Crippen LogP contribution is 2.31. The van der Waals surface area contributed by atoms with Gasteiger partial charge in [0.1, 0.15) is 11.5 Å². The third-order valence-corrected chi connectivity index (χ3v) is 7.11. The van der Waals surface area contributed by atoms with Crippen LogP contribution in [0.1, 0.15) is 5.56 Å². The van der Waals surface area contributed by atoms with Crippen molar-refractivity contribution in [3.8, 4) is 11.5 Å². The number of H-pyrrole nitrogens is 1. The van der Waals surface area contributed by atoms with Gasteiger partial charge in [0.25, 0.3) is 5.56 Å². The van der Waals surface area contributed by atoms with E-state index in [9.17, 15) is 31.2 Å². The number of carbonyl (C=O) groups is 1. The summed E-state index contributed by atoms with van der Waals surface area (Å²) >= 11 is 0.818. The summed E-state index contributed by atoms with van der Waals surface area (Å²) in [5, 5.41) is 2.56. The van der Waals surface area contributed by atoms with Crippen molar-refractivity contribution in [3.63, 3.8) is 0 Å². The number of carbonyl (C=O) groups excluding carboxylic acids is 1. The molecule has 0 spiro atoms. The first-order chi connectivity index (χ1) is 16.4. The standard InChI is InChI=1S/C21H18F3N3O6S2/c1-32-14-7-13(8-15(9-14)33-2)26-18(28)11-34-20-25-10-17(19(29)27-20)35(30,31)16-5-3-4-12(6-16)21(22,23)24/h3-10H,11H2,1-2H3,(H,26,28)(H,25,27,29). The van der Waals surface area contributed by atoms with Gasteiger partial charge in [-0.05, 0) is 18.2 Å². The number of hydrogen-bond acceptors (Lipinski definition) is 8. The Morgan fingerprint density at radius 3 is 2.34 bits per heavy atom. The zero-order valence-electron chi connectivity index (χ0n) is 18.2. The highest BCUT2D eigenvalue weighted by Gasteiger charge is 2.32. The van der Waals surface area contributed by atoms with Gasteiger partial charge in [0.05, 0.1) is 36.6 Å². The van der Waals surface area contributed by atoms with Crippen LogP contribution in [-0.4, -0.2) is 44.3 Å². The lowest BCUT2D eigenvalue weighted by atomic mass is 10.2. The average Bonchev–Trinajstić information content (AvgIpc) is 2.81. The van der Waals surface area contributed by atoms with E-state index < -0.39 is 42.8 Å². The second-order valence-corrected chi connectivity index (χ2v) is 9.73. The Bertz CT molecular complexity index is 1390. The zero-order valence-corrected chi connectivity index (χ0v) is 19.8. The van der Waals surface area contributed by atoms with Crippen LogP contribution in [0.5, 0.6) is 11.5 Å². The molecule has 2 aromatic carbocycles. The van der Waals surface area contributed by atoms with Gasteiger partial charge < -0.3 is 19.8 Å². The van der Waals surface area contributed by atoms with Gasteiger partial charge in [0, 0.05) is 23.9 Å². The van der Waals surface area contributed by atoms with Gasteiger partial charge in [-0.2, -0.15) is 13.2 Å². The third-order valence-electron chi connectivity index (χ3n) is 4.48. The number of nitrogens with one attached hydrogen (secondary N) is 2. The number of halogens is 3. The van der Waals surface area contributed by atoms with E-state index in [1.807, 2.05) is 0 Å². The molecule has 1 heterocycles. The van der Waals surface area contributed by atoms with E-state index in [4.69, 9.17) is 9.47 Å². The maximum Gasteiger partial charge on any atom is 0.416 e. The lowest BCUT2D eigenvalue weighted by Gasteiger charge is -2.10. The SMILES string of the molecule is COc1cc(NC(=O)CSc2ncc(S(=O)(=O)c3cccc(C(F)(F)F)c3)c(=O)[nH]2)cc(OC)c1. The Morgan fingerprint density at radius 2 is 1.77 bits per heavy atom. The van der Waals surface area contributed by atoms with E-state index in [2.05, 4.69) is 15.3 Å². The summed E-state index contributed by atoms with van der Waals surface area (Å²) in [4.78, 5) is 29.2. The molecule has 0 bridgehead atoms. The second kappa shape index (κ2) is 10.4. The number of thioether (sulfide) groups is 1. The number of hydrogen-bond donors (Lipinski definition) is 2. The van der Waals surface area contributed by atoms with Crippen LogP contribution in [0.2, 0.25) is 0 Å². The van der Waals surface area contributed by atoms with Crippen LogP contribution in [0.25, 0.3) is 0 Å². The van der Waals surface area contributed by atoms with E-state index in [1.54, 1.807) is 18.2 Å². The van der Waals surface area contributed by atoms with Crippen molar-refractivity contribution < 1.29 is 35.9 Å². The number of benzene rings is 2. The van der Waals surface area contributed by atoms with Crippen molar-refractivity contribution >= 4 is 33.2 Å². The first-order valence-corrected chi connectivity index (χ1v) is 12.1. The highest BCUT2D eigenvalue weighted by molar-refractivity contribution is 7.99. The van der Waals surface area contributed by atoms with Crippen LogP contribution in [-0.2, 0) is 20.8 Å². The van der Waals surface area contributed by atoms with Crippen molar-refractivity contribution in [2.24, 2.45) is 0 Å². The van der Waals surface area contributed by atoms with Gasteiger partial charge in [-0.15, -0.1) is 0 Å². The number of aromatic amines is 1. The number of anilines is 1. The van der Waals surface area contributed by atoms with Crippen LogP contribution in [0.4, 0.5) is 18.9 Å². The fourth-order valence-corrected chi connectivity index (χ4v) is 4.72. The molecule has 0 aliphatic rings. The van der Waals surface area contributed by atoms with E-state index in [-0.39, 0.29) is 10.9 Å². The normalized spacial score (nSPS) is 11.7. The molecule has 1 aromatic heterocycles. The van der Waals surface area contributed by atoms with Gasteiger partial charge in [0.2, 0.25) is 15.7 Å². The van der Waals surface area contributed by atoms with Crippen molar-refractivity contribution in [3.05, 3.63) is 64.6 Å². The lowest BCUT2D eigenvalue weighted by Crippen LogP contribution is -2.20. The number of nitrogens with zero attached hydrogens (tertiary/aromatic N) is 1. The summed E-state index contributed by atoms with van der Waals surface area (Å²) in [7, 11) is -1.67. The molecule has 0 saturated heterocycles. The monoisotopic (exact) mass is 529 g/mol. The second-order valence-electron chi connectivity index (χ2n) is 6.85. The van der Waals surface area contributed by atoms with Crippen molar-refractivity contribution in [2.45, 2.75) is 21.1 Å². The molecule has 9 nitrogen and oxygen atoms in total. The maximum atomic E-state index is 12.9. The minimum Gasteiger partial charge on any atom is -0.497 e. The number of amides is 1. The Hall–Kier alpha value is -3.52. The van der Waals surface area contributed by atoms with Crippen LogP contribution in [0.3, 0.4) is 0 Å². The summed E-state index contributed by atoms with van der Waals surface area (Å²) in [5.41, 5.74) is -1.86. The molecular formula is C21H18F3N3O6S2. The average molecular weight is 530 g/mol. The molecular weight excluding hydrogens is 511 g/mol. The fraction of sp³-hybridized carbons (Fsp3) is 0.190. The molecule has 14 heteroatoms. The number of sulfone groups is 1. The minimum absolute atomic E-state index is 0.0589. The van der Waals surface area contributed by atoms with Gasteiger partial charge in [0.15, 0.2) is 10.1 Å². The summed E-state index contributed by atoms with van der Waals surface area (Å²) < 4.78 is 74.4. The zero-order chi connectivity index (χ0) is 25.8. The molecule has 35 heavy (non-hydrogen) atoms. The Morgan fingerprint density at radius 1 is 1.11 bits per heavy atom. The Kier molecular flexibility index (Phi) is 7.75. The molecule has 0 aliphatic heterocycles. The summed E-state index contributed by atoms with van der Waals surface area (Å²) in [6.45, 7) is 0. The molecule has 0 fully saturated rings. The number of alkyl halides is 3. The largest absolute Gasteiger partial charge is 0.497 e. The maximum absolute atomic E-state index is 12.9. The number of rotatable bonds is 8. The summed E-state index contributed by atoms with van der Waals surface area (Å²) in [5.74, 6) is 0.253. The van der Waals surface area contributed by atoms with Gasteiger partial charge in [-0.3, -0.25) is 9.59 Å². The summed E-state index contributed by atoms with van der Waals surface area (Å²) in [6, 6.07) is 7.79. The lowest BCUT2D eigenvalue weighted by molar-refractivity contribution is -0.137. The predicted octanol–water partition coefficient (Wildman–Crippen LogP) is 3.37. The van der Waals surface area contributed by atoms with Crippen LogP contribution in [0.15, 0.2) is 68.4 Å². The van der Waals surface area contributed by atoms with Crippen molar-refractivity contribution in [1.29, 1.82) is 0 Å². The van der Waals surface area contributed by atoms with E-state index in [1.165, 1.54) is 14.2 Å². The van der Waals surface area contributed by atoms with Gasteiger partial charge in [-0.1, -0.05) is 17.8 Å². The fourth-order valence-electron chi connectivity index (χ4n) is 2.81. The first-order valence-electron chi connectivity index (χ1n) is 9.61. The predicted molar refractivity (Wildman–Crippen MR) is 121 cm³/mol. The van der Waals surface area contributed by atoms with Gasteiger partial charge >= 0.3 is 6.18 Å². The molecule has 2 N–H and O–H groups in total. The number of aromatic nitrogens is 2. The molecule has 0 unspecified atom stereocenters. The highest BCUT2D eigenvalue weighted by atomic mass is 32.2. The molecule has 1 amide bonds. The van der Waals surface area contributed by atoms with E-state index in [0.29, 0.717) is 29.3 Å². The van der Waals surface area contributed by atoms with Gasteiger partial charge in [-0.25, -0.2) is 13.4 Å². The minimum atomic E-state index is -4.76. The molecule has 0 atom stereocenters. The summed E-state index contributed by atoms with van der Waals surface area (Å²) in [6.07, 6.45) is -4.02. The molecule has 3 rings (SSSR count). The quantitative estimate of drug-likeness (QED) is 0.336. The first kappa shape index (κ1) is 26.1. The molecule has 0 radical (unpaired) electrons. The molecule has 3 aromatic rings. The third kappa shape index (κ3) is 6.33. The van der Waals surface area contributed by atoms with Crippen LogP contribution >= 0.6 is 11.8 Å². The number of ether oxygens (including phenoxy) is 2. The molecule has 0 aliphatic carbocycles. The molecule has 186 valence electrons.